The van der Waals surface area contributed by atoms with Gasteiger partial charge >= 0.3 is 5.97 Å². The zero-order chi connectivity index (χ0) is 15.4. The van der Waals surface area contributed by atoms with Gasteiger partial charge in [-0.1, -0.05) is 29.8 Å². The zero-order valence-corrected chi connectivity index (χ0v) is 14.0. The van der Waals surface area contributed by atoms with Gasteiger partial charge in [0.05, 0.1) is 11.1 Å². The first-order valence-corrected chi connectivity index (χ1v) is 7.93. The molecular weight excluding hydrogens is 330 g/mol. The number of aryl methyl sites for hydroxylation is 2. The van der Waals surface area contributed by atoms with E-state index in [9.17, 15) is 9.90 Å². The molecule has 0 unspecified atom stereocenters. The van der Waals surface area contributed by atoms with Crippen LogP contribution in [0.4, 0.5) is 0 Å². The summed E-state index contributed by atoms with van der Waals surface area (Å²) in [5, 5.41) is 10.5. The summed E-state index contributed by atoms with van der Waals surface area (Å²) in [7, 11) is 0. The fourth-order valence-corrected chi connectivity index (χ4v) is 3.82. The quantitative estimate of drug-likeness (QED) is 0.824. The van der Waals surface area contributed by atoms with Crippen LogP contribution < -0.4 is 0 Å². The summed E-state index contributed by atoms with van der Waals surface area (Å²) in [6, 6.07) is 3.86. The Bertz CT molecular complexity index is 765. The standard InChI is InChI=1S/C17H18BrNO2/c1-9-6-10(18)7-11-14(16(20)21)12-8-17(2,3)5-4-13(12)19-15(9)11/h6-7H,4-5,8H2,1-3H3,(H,20,21). The van der Waals surface area contributed by atoms with E-state index in [1.165, 1.54) is 0 Å². The lowest BCUT2D eigenvalue weighted by atomic mass is 9.74. The van der Waals surface area contributed by atoms with Crippen molar-refractivity contribution in [3.63, 3.8) is 0 Å². The third kappa shape index (κ3) is 2.46. The van der Waals surface area contributed by atoms with Crippen LogP contribution in [-0.4, -0.2) is 16.1 Å². The third-order valence-electron chi connectivity index (χ3n) is 4.34. The van der Waals surface area contributed by atoms with Gasteiger partial charge in [0, 0.05) is 15.6 Å². The van der Waals surface area contributed by atoms with Crippen LogP contribution in [0.1, 0.15) is 47.4 Å². The molecule has 1 N–H and O–H groups in total. The third-order valence-corrected chi connectivity index (χ3v) is 4.80. The summed E-state index contributed by atoms with van der Waals surface area (Å²) in [5.41, 5.74) is 4.28. The summed E-state index contributed by atoms with van der Waals surface area (Å²) >= 11 is 3.46. The molecule has 0 aliphatic heterocycles. The summed E-state index contributed by atoms with van der Waals surface area (Å²) in [4.78, 5) is 16.7. The molecule has 1 aliphatic carbocycles. The van der Waals surface area contributed by atoms with E-state index in [2.05, 4.69) is 29.8 Å². The number of hydrogen-bond donors (Lipinski definition) is 1. The molecule has 0 radical (unpaired) electrons. The fraction of sp³-hybridized carbons (Fsp3) is 0.412. The van der Waals surface area contributed by atoms with Crippen LogP contribution in [0.25, 0.3) is 10.9 Å². The van der Waals surface area contributed by atoms with Gasteiger partial charge in [0.25, 0.3) is 0 Å². The molecule has 3 nitrogen and oxygen atoms in total. The lowest BCUT2D eigenvalue weighted by molar-refractivity contribution is 0.0696. The maximum atomic E-state index is 11.9. The van der Waals surface area contributed by atoms with Gasteiger partial charge in [-0.2, -0.15) is 0 Å². The molecule has 0 saturated carbocycles. The van der Waals surface area contributed by atoms with Gasteiger partial charge in [-0.25, -0.2) is 4.79 Å². The molecule has 2 aromatic rings. The number of benzene rings is 1. The number of rotatable bonds is 1. The predicted octanol–water partition coefficient (Wildman–Crippen LogP) is 4.52. The van der Waals surface area contributed by atoms with Crippen LogP contribution in [0, 0.1) is 12.3 Å². The van der Waals surface area contributed by atoms with E-state index in [1.807, 2.05) is 19.1 Å². The van der Waals surface area contributed by atoms with Crippen molar-refractivity contribution in [3.05, 3.63) is 39.0 Å². The molecule has 0 amide bonds. The van der Waals surface area contributed by atoms with E-state index >= 15 is 0 Å². The summed E-state index contributed by atoms with van der Waals surface area (Å²) in [5.74, 6) is -0.853. The molecule has 21 heavy (non-hydrogen) atoms. The number of aromatic carboxylic acids is 1. The Labute approximate surface area is 132 Å². The molecule has 1 heterocycles. The highest BCUT2D eigenvalue weighted by molar-refractivity contribution is 9.10. The first-order chi connectivity index (χ1) is 9.78. The van der Waals surface area contributed by atoms with Gasteiger partial charge in [-0.3, -0.25) is 4.98 Å². The van der Waals surface area contributed by atoms with E-state index in [4.69, 9.17) is 4.98 Å². The second-order valence-corrected chi connectivity index (χ2v) is 7.59. The number of aromatic nitrogens is 1. The zero-order valence-electron chi connectivity index (χ0n) is 12.5. The first-order valence-electron chi connectivity index (χ1n) is 7.13. The lowest BCUT2D eigenvalue weighted by Crippen LogP contribution is -2.25. The van der Waals surface area contributed by atoms with E-state index in [0.717, 1.165) is 51.5 Å². The highest BCUT2D eigenvalue weighted by Gasteiger charge is 2.31. The predicted molar refractivity (Wildman–Crippen MR) is 86.9 cm³/mol. The minimum absolute atomic E-state index is 0.133. The van der Waals surface area contributed by atoms with Crippen molar-refractivity contribution in [2.75, 3.05) is 0 Å². The molecule has 1 aromatic heterocycles. The van der Waals surface area contributed by atoms with Crippen LogP contribution in [0.5, 0.6) is 0 Å². The molecule has 0 spiro atoms. The number of halogens is 1. The number of carbonyl (C=O) groups is 1. The fourth-order valence-electron chi connectivity index (χ4n) is 3.25. The van der Waals surface area contributed by atoms with Crippen molar-refractivity contribution in [1.82, 2.24) is 4.98 Å². The Morgan fingerprint density at radius 1 is 1.38 bits per heavy atom. The molecule has 0 bridgehead atoms. The van der Waals surface area contributed by atoms with Gasteiger partial charge in [0.2, 0.25) is 0 Å². The Kier molecular flexibility index (Phi) is 3.32. The highest BCUT2D eigenvalue weighted by atomic mass is 79.9. The molecule has 4 heteroatoms. The maximum absolute atomic E-state index is 11.9. The van der Waals surface area contributed by atoms with E-state index in [0.29, 0.717) is 5.56 Å². The van der Waals surface area contributed by atoms with Crippen molar-refractivity contribution >= 4 is 32.8 Å². The summed E-state index contributed by atoms with van der Waals surface area (Å²) < 4.78 is 0.895. The van der Waals surface area contributed by atoms with Crippen molar-refractivity contribution < 1.29 is 9.90 Å². The van der Waals surface area contributed by atoms with E-state index < -0.39 is 5.97 Å². The summed E-state index contributed by atoms with van der Waals surface area (Å²) in [6.07, 6.45) is 2.68. The molecule has 110 valence electrons. The topological polar surface area (TPSA) is 50.2 Å². The number of carboxylic acids is 1. The molecule has 0 saturated heterocycles. The van der Waals surface area contributed by atoms with E-state index in [-0.39, 0.29) is 5.41 Å². The molecule has 0 atom stereocenters. The Morgan fingerprint density at radius 2 is 2.10 bits per heavy atom. The first kappa shape index (κ1) is 14.5. The molecule has 3 rings (SSSR count). The maximum Gasteiger partial charge on any atom is 0.336 e. The van der Waals surface area contributed by atoms with Gasteiger partial charge in [-0.15, -0.1) is 0 Å². The second kappa shape index (κ2) is 4.80. The SMILES string of the molecule is Cc1cc(Br)cc2c(C(=O)O)c3c(nc12)CCC(C)(C)C3. The van der Waals surface area contributed by atoms with Gasteiger partial charge in [-0.05, 0) is 54.9 Å². The number of nitrogens with zero attached hydrogens (tertiary/aromatic N) is 1. The minimum Gasteiger partial charge on any atom is -0.478 e. The number of carboxylic acid groups (broad SMARTS) is 1. The summed E-state index contributed by atoms with van der Waals surface area (Å²) in [6.45, 7) is 6.36. The highest BCUT2D eigenvalue weighted by Crippen LogP contribution is 2.38. The van der Waals surface area contributed by atoms with Crippen molar-refractivity contribution in [1.29, 1.82) is 0 Å². The van der Waals surface area contributed by atoms with Crippen LogP contribution in [0.3, 0.4) is 0 Å². The van der Waals surface area contributed by atoms with Gasteiger partial charge in [0.1, 0.15) is 0 Å². The Hall–Kier alpha value is -1.42. The van der Waals surface area contributed by atoms with Crippen molar-refractivity contribution in [3.8, 4) is 0 Å². The van der Waals surface area contributed by atoms with Crippen LogP contribution in [0.2, 0.25) is 0 Å². The number of pyridine rings is 1. The average molecular weight is 348 g/mol. The van der Waals surface area contributed by atoms with Gasteiger partial charge in [0.15, 0.2) is 0 Å². The largest absolute Gasteiger partial charge is 0.478 e. The molecule has 1 aromatic carbocycles. The van der Waals surface area contributed by atoms with Crippen LogP contribution >= 0.6 is 15.9 Å². The van der Waals surface area contributed by atoms with Gasteiger partial charge < -0.3 is 5.11 Å². The van der Waals surface area contributed by atoms with Crippen molar-refractivity contribution in [2.45, 2.75) is 40.0 Å². The Morgan fingerprint density at radius 3 is 2.76 bits per heavy atom. The Balaban J connectivity index is 2.41. The number of fused-ring (bicyclic) bond motifs is 2. The van der Waals surface area contributed by atoms with Crippen LogP contribution in [-0.2, 0) is 12.8 Å². The van der Waals surface area contributed by atoms with Crippen molar-refractivity contribution in [2.24, 2.45) is 5.41 Å². The van der Waals surface area contributed by atoms with Crippen LogP contribution in [0.15, 0.2) is 16.6 Å². The average Bonchev–Trinajstić information content (AvgIpc) is 2.35. The molecule has 1 aliphatic rings. The normalized spacial score (nSPS) is 16.8. The molecular formula is C17H18BrNO2. The molecule has 0 fully saturated rings. The lowest BCUT2D eigenvalue weighted by Gasteiger charge is -2.32. The smallest absolute Gasteiger partial charge is 0.336 e. The number of hydrogen-bond acceptors (Lipinski definition) is 2. The second-order valence-electron chi connectivity index (χ2n) is 6.68. The van der Waals surface area contributed by atoms with E-state index in [1.54, 1.807) is 0 Å². The monoisotopic (exact) mass is 347 g/mol. The minimum atomic E-state index is -0.853.